The Morgan fingerprint density at radius 1 is 1.25 bits per heavy atom. The quantitative estimate of drug-likeness (QED) is 0.329. The van der Waals surface area contributed by atoms with E-state index in [1.807, 2.05) is 0 Å². The maximum Gasteiger partial charge on any atom is 0.339 e. The smallest absolute Gasteiger partial charge is 0.339 e. The van der Waals surface area contributed by atoms with Crippen LogP contribution in [0.1, 0.15) is 16.9 Å². The van der Waals surface area contributed by atoms with Crippen LogP contribution in [-0.4, -0.2) is 70.8 Å². The molecule has 0 aromatic carbocycles. The van der Waals surface area contributed by atoms with Crippen LogP contribution in [-0.2, 0) is 15.0 Å². The van der Waals surface area contributed by atoms with Gasteiger partial charge in [0.2, 0.25) is 11.3 Å². The summed E-state index contributed by atoms with van der Waals surface area (Å²) >= 11 is 0. The van der Waals surface area contributed by atoms with E-state index >= 15 is 0 Å². The Hall–Kier alpha value is -3.62. The number of urea groups is 2. The second-order valence-corrected chi connectivity index (χ2v) is 7.32. The molecule has 5 N–H and O–H groups in total. The molecule has 1 unspecified atom stereocenters. The number of pyridine rings is 1. The number of nitrogens with one attached hydrogen (secondary N) is 4. The number of H-pyrrole nitrogens is 1. The Morgan fingerprint density at radius 3 is 2.54 bits per heavy atom. The lowest BCUT2D eigenvalue weighted by Gasteiger charge is -2.30. The zero-order valence-corrected chi connectivity index (χ0v) is 14.8. The molecule has 3 heterocycles. The largest absolute Gasteiger partial charge is 0.503 e. The minimum absolute atomic E-state index is 0.0424. The number of nitrogens with zero attached hydrogens (tertiary/aromatic N) is 2. The van der Waals surface area contributed by atoms with Crippen LogP contribution in [0, 0.1) is 0 Å². The summed E-state index contributed by atoms with van der Waals surface area (Å²) in [6.45, 7) is -0.272. The Bertz CT molecular complexity index is 1030. The van der Waals surface area contributed by atoms with Crippen molar-refractivity contribution in [2.45, 2.75) is 12.6 Å². The monoisotopic (exact) mass is 414 g/mol. The lowest BCUT2D eigenvalue weighted by Crippen LogP contribution is -2.58. The van der Waals surface area contributed by atoms with Crippen LogP contribution in [0.3, 0.4) is 0 Å². The van der Waals surface area contributed by atoms with Crippen molar-refractivity contribution in [2.24, 2.45) is 0 Å². The molecule has 15 heteroatoms. The Labute approximate surface area is 156 Å². The number of hydrogen-bond donors (Lipinski definition) is 5. The lowest BCUT2D eigenvalue weighted by molar-refractivity contribution is -0.135. The molecule has 0 saturated carbocycles. The molecule has 0 spiro atoms. The van der Waals surface area contributed by atoms with Crippen molar-refractivity contribution in [1.82, 2.24) is 29.5 Å². The number of hydrogen-bond acceptors (Lipinski definition) is 8. The first-order valence-corrected chi connectivity index (χ1v) is 9.21. The highest BCUT2D eigenvalue weighted by Gasteiger charge is 2.43. The molecule has 6 amide bonds. The number of rotatable bonds is 4. The summed E-state index contributed by atoms with van der Waals surface area (Å²) in [5, 5.41) is 13.6. The first-order valence-electron chi connectivity index (χ1n) is 7.77. The van der Waals surface area contributed by atoms with Crippen molar-refractivity contribution >= 4 is 34.1 Å². The van der Waals surface area contributed by atoms with Crippen molar-refractivity contribution in [3.8, 4) is 5.75 Å². The molecule has 150 valence electrons. The van der Waals surface area contributed by atoms with E-state index in [0.29, 0.717) is 4.90 Å². The highest BCUT2D eigenvalue weighted by molar-refractivity contribution is 7.88. The summed E-state index contributed by atoms with van der Waals surface area (Å²) in [4.78, 5) is 61.6. The third kappa shape index (κ3) is 3.46. The standard InChI is InChI=1S/C13H14N6O8S/c20-7-3-6(14-4-8(7)21)11(23)16-9-5-15-12(24)19(9)28(26,27)17-13(25)18-2-1-10(18)22/h3-4,9,21H,1-2,5H2,(H,14,20)(H,15,24)(H,16,23)(H,17,25). The van der Waals surface area contributed by atoms with Crippen LogP contribution in [0.15, 0.2) is 17.1 Å². The lowest BCUT2D eigenvalue weighted by atomic mass is 10.2. The van der Waals surface area contributed by atoms with Crippen LogP contribution in [0.2, 0.25) is 0 Å². The minimum Gasteiger partial charge on any atom is -0.503 e. The summed E-state index contributed by atoms with van der Waals surface area (Å²) in [5.41, 5.74) is -1.14. The van der Waals surface area contributed by atoms with Gasteiger partial charge in [-0.15, -0.1) is 0 Å². The molecule has 14 nitrogen and oxygen atoms in total. The van der Waals surface area contributed by atoms with Gasteiger partial charge in [0.05, 0.1) is 6.54 Å². The molecular formula is C13H14N6O8S. The summed E-state index contributed by atoms with van der Waals surface area (Å²) in [6.07, 6.45) is -0.454. The van der Waals surface area contributed by atoms with Crippen molar-refractivity contribution in [2.75, 3.05) is 13.1 Å². The average molecular weight is 414 g/mol. The molecule has 2 aliphatic heterocycles. The van der Waals surface area contributed by atoms with Gasteiger partial charge in [-0.1, -0.05) is 0 Å². The first kappa shape index (κ1) is 19.2. The topological polar surface area (TPSA) is 198 Å². The fraction of sp³-hybridized carbons (Fsp3) is 0.308. The van der Waals surface area contributed by atoms with Crippen molar-refractivity contribution in [3.05, 3.63) is 28.2 Å². The third-order valence-corrected chi connectivity index (χ3v) is 5.31. The molecule has 2 aliphatic rings. The van der Waals surface area contributed by atoms with Gasteiger partial charge >= 0.3 is 22.3 Å². The zero-order valence-electron chi connectivity index (χ0n) is 14.0. The van der Waals surface area contributed by atoms with Crippen LogP contribution < -0.4 is 20.8 Å². The molecule has 2 saturated heterocycles. The number of β-lactam (4-membered cyclic amide) rings is 1. The number of carbonyl (C=O) groups is 4. The molecule has 28 heavy (non-hydrogen) atoms. The third-order valence-electron chi connectivity index (χ3n) is 3.94. The molecule has 1 aromatic rings. The second kappa shape index (κ2) is 6.84. The number of aromatic hydroxyl groups is 1. The van der Waals surface area contributed by atoms with Gasteiger partial charge in [0.1, 0.15) is 11.9 Å². The van der Waals surface area contributed by atoms with Gasteiger partial charge in [-0.3, -0.25) is 19.3 Å². The SMILES string of the molecule is O=C(NC1CNC(=O)N1S(=O)(=O)NC(=O)N1CCC1=O)c1cc(=O)c(O)c[nH]1. The van der Waals surface area contributed by atoms with Crippen LogP contribution in [0.4, 0.5) is 9.59 Å². The van der Waals surface area contributed by atoms with Gasteiger partial charge in [0, 0.05) is 25.2 Å². The van der Waals surface area contributed by atoms with Gasteiger partial charge in [-0.05, 0) is 0 Å². The zero-order chi connectivity index (χ0) is 20.6. The summed E-state index contributed by atoms with van der Waals surface area (Å²) in [5.74, 6) is -2.13. The van der Waals surface area contributed by atoms with E-state index in [9.17, 15) is 37.5 Å². The van der Waals surface area contributed by atoms with E-state index in [1.54, 1.807) is 4.72 Å². The van der Waals surface area contributed by atoms with Crippen LogP contribution in [0.5, 0.6) is 5.75 Å². The van der Waals surface area contributed by atoms with E-state index in [1.165, 1.54) is 0 Å². The van der Waals surface area contributed by atoms with Gasteiger partial charge in [-0.2, -0.15) is 12.7 Å². The Morgan fingerprint density at radius 2 is 1.96 bits per heavy atom. The van der Waals surface area contributed by atoms with E-state index in [2.05, 4.69) is 15.6 Å². The van der Waals surface area contributed by atoms with E-state index < -0.39 is 51.4 Å². The summed E-state index contributed by atoms with van der Waals surface area (Å²) in [6, 6.07) is -1.55. The van der Waals surface area contributed by atoms with Crippen molar-refractivity contribution in [3.63, 3.8) is 0 Å². The number of likely N-dealkylation sites (tertiary alicyclic amines) is 1. The second-order valence-electron chi connectivity index (χ2n) is 5.77. The number of aromatic nitrogens is 1. The van der Waals surface area contributed by atoms with Gasteiger partial charge in [-0.25, -0.2) is 14.3 Å². The first-order chi connectivity index (χ1) is 13.1. The molecular weight excluding hydrogens is 400 g/mol. The number of carbonyl (C=O) groups excluding carboxylic acids is 4. The van der Waals surface area contributed by atoms with Crippen molar-refractivity contribution in [1.29, 1.82) is 0 Å². The van der Waals surface area contributed by atoms with Crippen LogP contribution in [0.25, 0.3) is 0 Å². The van der Waals surface area contributed by atoms with Crippen molar-refractivity contribution < 1.29 is 32.7 Å². The highest BCUT2D eigenvalue weighted by atomic mass is 32.2. The molecule has 0 aliphatic carbocycles. The number of imide groups is 1. The van der Waals surface area contributed by atoms with Gasteiger partial charge in [0.15, 0.2) is 5.75 Å². The maximum atomic E-state index is 12.4. The molecule has 0 bridgehead atoms. The fourth-order valence-electron chi connectivity index (χ4n) is 2.44. The molecule has 0 radical (unpaired) electrons. The molecule has 1 aromatic heterocycles. The van der Waals surface area contributed by atoms with E-state index in [0.717, 1.165) is 12.3 Å². The van der Waals surface area contributed by atoms with Gasteiger partial charge in [0.25, 0.3) is 5.91 Å². The number of amides is 6. The van der Waals surface area contributed by atoms with E-state index in [-0.39, 0.29) is 29.5 Å². The normalized spacial score (nSPS) is 19.1. The summed E-state index contributed by atoms with van der Waals surface area (Å²) < 4.78 is 26.6. The predicted molar refractivity (Wildman–Crippen MR) is 89.0 cm³/mol. The predicted octanol–water partition coefficient (Wildman–Crippen LogP) is -2.65. The van der Waals surface area contributed by atoms with Gasteiger partial charge < -0.3 is 20.7 Å². The molecule has 2 fully saturated rings. The van der Waals surface area contributed by atoms with Crippen LogP contribution >= 0.6 is 0 Å². The molecule has 3 rings (SSSR count). The highest BCUT2D eigenvalue weighted by Crippen LogP contribution is 2.13. The Kier molecular flexibility index (Phi) is 4.68. The number of aromatic amines is 1. The minimum atomic E-state index is -4.74. The average Bonchev–Trinajstić information content (AvgIpc) is 2.96. The maximum absolute atomic E-state index is 12.4. The van der Waals surface area contributed by atoms with E-state index in [4.69, 9.17) is 0 Å². The molecule has 1 atom stereocenters. The summed E-state index contributed by atoms with van der Waals surface area (Å²) in [7, 11) is -4.74. The fourth-order valence-corrected chi connectivity index (χ4v) is 3.62. The Balaban J connectivity index is 1.75.